The first-order valence-corrected chi connectivity index (χ1v) is 10.2. The summed E-state index contributed by atoms with van der Waals surface area (Å²) in [7, 11) is -3.55. The van der Waals surface area contributed by atoms with E-state index in [0.717, 1.165) is 0 Å². The van der Waals surface area contributed by atoms with Gasteiger partial charge in [-0.15, -0.1) is 0 Å². The molecule has 146 valence electrons. The number of hydrogen-bond acceptors (Lipinski definition) is 6. The van der Waals surface area contributed by atoms with Crippen molar-refractivity contribution in [3.05, 3.63) is 23.7 Å². The van der Waals surface area contributed by atoms with Crippen molar-refractivity contribution in [2.24, 2.45) is 5.73 Å². The zero-order chi connectivity index (χ0) is 18.9. The van der Waals surface area contributed by atoms with Crippen molar-refractivity contribution in [1.29, 1.82) is 0 Å². The highest BCUT2D eigenvalue weighted by Gasteiger charge is 2.37. The minimum absolute atomic E-state index is 0.130. The Morgan fingerprint density at radius 1 is 1.15 bits per heavy atom. The summed E-state index contributed by atoms with van der Waals surface area (Å²) >= 11 is 0. The number of nitrogens with zero attached hydrogens (tertiary/aromatic N) is 3. The Balaban J connectivity index is 1.61. The Bertz CT molecular complexity index is 732. The van der Waals surface area contributed by atoms with Crippen molar-refractivity contribution in [2.45, 2.75) is 32.6 Å². The molecule has 10 heteroatoms. The summed E-state index contributed by atoms with van der Waals surface area (Å²) in [5, 5.41) is 0. The van der Waals surface area contributed by atoms with Gasteiger partial charge in [0, 0.05) is 39.3 Å². The highest BCUT2D eigenvalue weighted by Crippen LogP contribution is 2.20. The Morgan fingerprint density at radius 3 is 2.31 bits per heavy atom. The quantitative estimate of drug-likeness (QED) is 0.771. The van der Waals surface area contributed by atoms with Crippen LogP contribution in [0.2, 0.25) is 0 Å². The fraction of sp³-hybridized carbons (Fsp3) is 0.688. The Morgan fingerprint density at radius 2 is 1.77 bits per heavy atom. The van der Waals surface area contributed by atoms with Gasteiger partial charge < -0.3 is 19.8 Å². The van der Waals surface area contributed by atoms with E-state index in [9.17, 15) is 13.2 Å². The summed E-state index contributed by atoms with van der Waals surface area (Å²) < 4.78 is 39.5. The van der Waals surface area contributed by atoms with Crippen molar-refractivity contribution in [1.82, 2.24) is 13.5 Å². The molecule has 2 unspecified atom stereocenters. The molecule has 2 atom stereocenters. The molecule has 2 fully saturated rings. The standard InChI is InChI=1S/C16H26N4O5S/c1-12-9-20(10-13(2)25-12)26(22,23)19-5-3-18(4-6-19)16(21)14-7-15(8-17)24-11-14/h7,11-13H,3-6,8-10,17H2,1-2H3. The minimum Gasteiger partial charge on any atom is -0.467 e. The van der Waals surface area contributed by atoms with Gasteiger partial charge in [-0.3, -0.25) is 4.79 Å². The molecule has 0 radical (unpaired) electrons. The molecule has 2 N–H and O–H groups in total. The lowest BCUT2D eigenvalue weighted by Crippen LogP contribution is -2.57. The molecule has 0 spiro atoms. The fourth-order valence-corrected chi connectivity index (χ4v) is 5.13. The van der Waals surface area contributed by atoms with E-state index in [1.165, 1.54) is 14.9 Å². The van der Waals surface area contributed by atoms with E-state index in [1.54, 1.807) is 11.0 Å². The number of rotatable bonds is 4. The third-order valence-electron chi connectivity index (χ3n) is 4.67. The van der Waals surface area contributed by atoms with E-state index in [0.29, 0.717) is 37.5 Å². The number of piperazine rings is 1. The van der Waals surface area contributed by atoms with Crippen LogP contribution in [0.15, 0.2) is 16.7 Å². The SMILES string of the molecule is CC1CN(S(=O)(=O)N2CCN(C(=O)c3coc(CN)c3)CC2)CC(C)O1. The van der Waals surface area contributed by atoms with Crippen molar-refractivity contribution >= 4 is 16.1 Å². The minimum atomic E-state index is -3.55. The van der Waals surface area contributed by atoms with Gasteiger partial charge in [0.05, 0.1) is 24.3 Å². The van der Waals surface area contributed by atoms with Crippen LogP contribution in [-0.2, 0) is 21.5 Å². The predicted octanol–water partition coefficient (Wildman–Crippen LogP) is -0.150. The van der Waals surface area contributed by atoms with E-state index < -0.39 is 10.2 Å². The average Bonchev–Trinajstić information content (AvgIpc) is 3.09. The first-order chi connectivity index (χ1) is 12.3. The Labute approximate surface area is 153 Å². The van der Waals surface area contributed by atoms with E-state index in [1.807, 2.05) is 13.8 Å². The second kappa shape index (κ2) is 7.65. The molecule has 0 saturated carbocycles. The van der Waals surface area contributed by atoms with Crippen LogP contribution in [0.3, 0.4) is 0 Å². The lowest BCUT2D eigenvalue weighted by Gasteiger charge is -2.40. The number of amides is 1. The van der Waals surface area contributed by atoms with E-state index >= 15 is 0 Å². The first kappa shape index (κ1) is 19.3. The molecule has 26 heavy (non-hydrogen) atoms. The van der Waals surface area contributed by atoms with Crippen LogP contribution in [0.25, 0.3) is 0 Å². The molecule has 2 saturated heterocycles. The Hall–Kier alpha value is -1.46. The number of ether oxygens (including phenoxy) is 1. The maximum Gasteiger partial charge on any atom is 0.282 e. The van der Waals surface area contributed by atoms with Gasteiger partial charge in [0.1, 0.15) is 12.0 Å². The van der Waals surface area contributed by atoms with Gasteiger partial charge in [0.25, 0.3) is 16.1 Å². The largest absolute Gasteiger partial charge is 0.467 e. The van der Waals surface area contributed by atoms with Crippen molar-refractivity contribution in [3.8, 4) is 0 Å². The van der Waals surface area contributed by atoms with Crippen LogP contribution >= 0.6 is 0 Å². The normalized spacial score (nSPS) is 26.2. The second-order valence-corrected chi connectivity index (χ2v) is 8.71. The molecule has 9 nitrogen and oxygen atoms in total. The van der Waals surface area contributed by atoms with Gasteiger partial charge in [-0.25, -0.2) is 0 Å². The van der Waals surface area contributed by atoms with Gasteiger partial charge in [0.15, 0.2) is 0 Å². The number of carbonyl (C=O) groups excluding carboxylic acids is 1. The smallest absolute Gasteiger partial charge is 0.282 e. The van der Waals surface area contributed by atoms with Crippen LogP contribution < -0.4 is 5.73 Å². The predicted molar refractivity (Wildman–Crippen MR) is 94.6 cm³/mol. The molecular weight excluding hydrogens is 360 g/mol. The zero-order valence-corrected chi connectivity index (χ0v) is 15.9. The van der Waals surface area contributed by atoms with Crippen LogP contribution in [0.4, 0.5) is 0 Å². The average molecular weight is 386 g/mol. The molecule has 1 aromatic rings. The molecule has 0 aromatic carbocycles. The molecular formula is C16H26N4O5S. The third kappa shape index (κ3) is 3.94. The van der Waals surface area contributed by atoms with Gasteiger partial charge in [0.2, 0.25) is 0 Å². The van der Waals surface area contributed by atoms with E-state index in [2.05, 4.69) is 0 Å². The maximum atomic E-state index is 12.9. The van der Waals surface area contributed by atoms with E-state index in [-0.39, 0.29) is 37.7 Å². The number of furan rings is 1. The highest BCUT2D eigenvalue weighted by atomic mass is 32.2. The molecule has 2 aliphatic heterocycles. The lowest BCUT2D eigenvalue weighted by atomic mass is 10.2. The molecule has 2 aliphatic rings. The highest BCUT2D eigenvalue weighted by molar-refractivity contribution is 7.86. The van der Waals surface area contributed by atoms with Gasteiger partial charge in [-0.1, -0.05) is 0 Å². The van der Waals surface area contributed by atoms with Crippen LogP contribution in [-0.4, -0.2) is 79.3 Å². The molecule has 0 aliphatic carbocycles. The number of carbonyl (C=O) groups is 1. The molecule has 1 aromatic heterocycles. The van der Waals surface area contributed by atoms with Crippen LogP contribution in [0.5, 0.6) is 0 Å². The van der Waals surface area contributed by atoms with Crippen molar-refractivity contribution in [3.63, 3.8) is 0 Å². The van der Waals surface area contributed by atoms with Crippen molar-refractivity contribution < 1.29 is 22.4 Å². The first-order valence-electron chi connectivity index (χ1n) is 8.78. The Kier molecular flexibility index (Phi) is 5.68. The summed E-state index contributed by atoms with van der Waals surface area (Å²) in [5.74, 6) is 0.379. The lowest BCUT2D eigenvalue weighted by molar-refractivity contribution is -0.0457. The summed E-state index contributed by atoms with van der Waals surface area (Å²) in [4.78, 5) is 14.1. The number of hydrogen-bond donors (Lipinski definition) is 1. The van der Waals surface area contributed by atoms with Crippen LogP contribution in [0.1, 0.15) is 30.0 Å². The maximum absolute atomic E-state index is 12.9. The zero-order valence-electron chi connectivity index (χ0n) is 15.1. The van der Waals surface area contributed by atoms with Gasteiger partial charge in [-0.2, -0.15) is 17.0 Å². The fourth-order valence-electron chi connectivity index (χ4n) is 3.39. The molecule has 0 bridgehead atoms. The monoisotopic (exact) mass is 386 g/mol. The topological polar surface area (TPSA) is 109 Å². The van der Waals surface area contributed by atoms with Gasteiger partial charge >= 0.3 is 0 Å². The molecule has 3 heterocycles. The number of morpholine rings is 1. The van der Waals surface area contributed by atoms with E-state index in [4.69, 9.17) is 14.9 Å². The van der Waals surface area contributed by atoms with Crippen LogP contribution in [0, 0.1) is 0 Å². The summed E-state index contributed by atoms with van der Waals surface area (Å²) in [6.45, 7) is 5.91. The number of nitrogens with two attached hydrogens (primary N) is 1. The molecule has 3 rings (SSSR count). The second-order valence-electron chi connectivity index (χ2n) is 6.78. The van der Waals surface area contributed by atoms with Crippen molar-refractivity contribution in [2.75, 3.05) is 39.3 Å². The summed E-state index contributed by atoms with van der Waals surface area (Å²) in [6, 6.07) is 1.63. The third-order valence-corrected chi connectivity index (χ3v) is 6.63. The summed E-state index contributed by atoms with van der Waals surface area (Å²) in [5.41, 5.74) is 5.93. The summed E-state index contributed by atoms with van der Waals surface area (Å²) in [6.07, 6.45) is 1.13. The van der Waals surface area contributed by atoms with Gasteiger partial charge in [-0.05, 0) is 19.9 Å². The molecule has 1 amide bonds.